The highest BCUT2D eigenvalue weighted by Crippen LogP contribution is 2.32. The molecule has 1 atom stereocenters. The maximum absolute atomic E-state index is 12.8. The normalized spacial score (nSPS) is 18.8. The molecule has 1 aliphatic heterocycles. The minimum Gasteiger partial charge on any atom is -0.374 e. The third-order valence-electron chi connectivity index (χ3n) is 3.28. The van der Waals surface area contributed by atoms with E-state index in [1.807, 2.05) is 19.2 Å². The Kier molecular flexibility index (Phi) is 2.62. The Morgan fingerprint density at radius 1 is 1.44 bits per heavy atom. The van der Waals surface area contributed by atoms with Crippen molar-refractivity contribution < 1.29 is 8.78 Å². The molecular formula is C12H16F2N2. The molecule has 2 nitrogen and oxygen atoms in total. The molecule has 1 aromatic carbocycles. The topological polar surface area (TPSA) is 29.3 Å². The lowest BCUT2D eigenvalue weighted by atomic mass is 9.92. The Labute approximate surface area is 94.0 Å². The Balaban J connectivity index is 2.39. The van der Waals surface area contributed by atoms with E-state index in [2.05, 4.69) is 4.90 Å². The summed E-state index contributed by atoms with van der Waals surface area (Å²) in [4.78, 5) is 2.12. The SMILES string of the molecule is CN1CCc2cc(C(C)(N)C(F)F)ccc21. The number of hydrogen-bond donors (Lipinski definition) is 1. The molecule has 0 spiro atoms. The molecule has 2 rings (SSSR count). The number of anilines is 1. The zero-order chi connectivity index (χ0) is 11.9. The molecule has 2 N–H and O–H groups in total. The summed E-state index contributed by atoms with van der Waals surface area (Å²) in [5.74, 6) is 0. The summed E-state index contributed by atoms with van der Waals surface area (Å²) < 4.78 is 25.6. The van der Waals surface area contributed by atoms with E-state index in [1.54, 1.807) is 6.07 Å². The zero-order valence-electron chi connectivity index (χ0n) is 9.50. The number of likely N-dealkylation sites (N-methyl/N-ethyl adjacent to an activating group) is 1. The van der Waals surface area contributed by atoms with Gasteiger partial charge in [-0.1, -0.05) is 12.1 Å². The van der Waals surface area contributed by atoms with Gasteiger partial charge in [0, 0.05) is 19.3 Å². The van der Waals surface area contributed by atoms with E-state index < -0.39 is 12.0 Å². The van der Waals surface area contributed by atoms with E-state index in [4.69, 9.17) is 5.73 Å². The van der Waals surface area contributed by atoms with Gasteiger partial charge < -0.3 is 10.6 Å². The van der Waals surface area contributed by atoms with Crippen LogP contribution >= 0.6 is 0 Å². The first kappa shape index (κ1) is 11.3. The molecule has 16 heavy (non-hydrogen) atoms. The Morgan fingerprint density at radius 2 is 2.12 bits per heavy atom. The largest absolute Gasteiger partial charge is 0.374 e. The van der Waals surface area contributed by atoms with Crippen LogP contribution in [0.15, 0.2) is 18.2 Å². The van der Waals surface area contributed by atoms with Gasteiger partial charge in [0.1, 0.15) is 0 Å². The molecule has 0 amide bonds. The van der Waals surface area contributed by atoms with Crippen LogP contribution < -0.4 is 10.6 Å². The average molecular weight is 226 g/mol. The van der Waals surface area contributed by atoms with Gasteiger partial charge in [-0.15, -0.1) is 0 Å². The van der Waals surface area contributed by atoms with Crippen LogP contribution in [0.5, 0.6) is 0 Å². The maximum Gasteiger partial charge on any atom is 0.260 e. The standard InChI is InChI=1S/C12H16F2N2/c1-12(15,11(13)14)9-3-4-10-8(7-9)5-6-16(10)2/h3-4,7,11H,5-6,15H2,1-2H3. The first-order chi connectivity index (χ1) is 7.43. The predicted octanol–water partition coefficient (Wildman–Crippen LogP) is 2.12. The summed E-state index contributed by atoms with van der Waals surface area (Å²) in [6.45, 7) is 2.31. The second-order valence-corrected chi connectivity index (χ2v) is 4.60. The van der Waals surface area contributed by atoms with Gasteiger partial charge in [0.15, 0.2) is 0 Å². The summed E-state index contributed by atoms with van der Waals surface area (Å²) in [7, 11) is 2.00. The number of hydrogen-bond acceptors (Lipinski definition) is 2. The van der Waals surface area contributed by atoms with E-state index in [0.717, 1.165) is 24.2 Å². The summed E-state index contributed by atoms with van der Waals surface area (Å²) >= 11 is 0. The van der Waals surface area contributed by atoms with Crippen molar-refractivity contribution in [2.24, 2.45) is 5.73 Å². The number of nitrogens with two attached hydrogens (primary N) is 1. The molecule has 1 unspecified atom stereocenters. The smallest absolute Gasteiger partial charge is 0.260 e. The van der Waals surface area contributed by atoms with Gasteiger partial charge in [-0.3, -0.25) is 0 Å². The number of fused-ring (bicyclic) bond motifs is 1. The van der Waals surface area contributed by atoms with Crippen molar-refractivity contribution >= 4 is 5.69 Å². The van der Waals surface area contributed by atoms with Crippen molar-refractivity contribution in [3.05, 3.63) is 29.3 Å². The van der Waals surface area contributed by atoms with Crippen LogP contribution in [0.2, 0.25) is 0 Å². The molecule has 1 aliphatic rings. The molecule has 4 heteroatoms. The van der Waals surface area contributed by atoms with Crippen LogP contribution in [0.3, 0.4) is 0 Å². The van der Waals surface area contributed by atoms with Crippen LogP contribution in [-0.4, -0.2) is 20.0 Å². The molecule has 0 bridgehead atoms. The molecule has 88 valence electrons. The van der Waals surface area contributed by atoms with E-state index in [1.165, 1.54) is 6.92 Å². The second kappa shape index (κ2) is 3.70. The predicted molar refractivity (Wildman–Crippen MR) is 61.0 cm³/mol. The van der Waals surface area contributed by atoms with E-state index >= 15 is 0 Å². The molecule has 1 heterocycles. The van der Waals surface area contributed by atoms with Gasteiger partial charge in [-0.05, 0) is 30.5 Å². The summed E-state index contributed by atoms with van der Waals surface area (Å²) in [5.41, 5.74) is 6.83. The number of benzene rings is 1. The molecule has 1 aromatic rings. The van der Waals surface area contributed by atoms with Crippen molar-refractivity contribution in [3.8, 4) is 0 Å². The Bertz CT molecular complexity index is 402. The lowest BCUT2D eigenvalue weighted by Gasteiger charge is -2.25. The maximum atomic E-state index is 12.8. The summed E-state index contributed by atoms with van der Waals surface area (Å²) in [6, 6.07) is 5.39. The molecule has 0 radical (unpaired) electrons. The first-order valence-corrected chi connectivity index (χ1v) is 5.34. The highest BCUT2D eigenvalue weighted by atomic mass is 19.3. The van der Waals surface area contributed by atoms with Gasteiger partial charge in [0.25, 0.3) is 6.43 Å². The van der Waals surface area contributed by atoms with Crippen molar-refractivity contribution in [1.82, 2.24) is 0 Å². The van der Waals surface area contributed by atoms with E-state index in [-0.39, 0.29) is 0 Å². The lowest BCUT2D eigenvalue weighted by molar-refractivity contribution is 0.0625. The van der Waals surface area contributed by atoms with Crippen LogP contribution in [0.1, 0.15) is 18.1 Å². The minimum absolute atomic E-state index is 0.511. The molecular weight excluding hydrogens is 210 g/mol. The van der Waals surface area contributed by atoms with Crippen molar-refractivity contribution in [3.63, 3.8) is 0 Å². The fourth-order valence-corrected chi connectivity index (χ4v) is 2.03. The van der Waals surface area contributed by atoms with Crippen molar-refractivity contribution in [2.75, 3.05) is 18.5 Å². The van der Waals surface area contributed by atoms with Gasteiger partial charge in [-0.2, -0.15) is 0 Å². The average Bonchev–Trinajstić information content (AvgIpc) is 2.60. The van der Waals surface area contributed by atoms with E-state index in [0.29, 0.717) is 5.56 Å². The van der Waals surface area contributed by atoms with Crippen molar-refractivity contribution in [1.29, 1.82) is 0 Å². The third kappa shape index (κ3) is 1.67. The number of halogens is 2. The van der Waals surface area contributed by atoms with Crippen LogP contribution in [0, 0.1) is 0 Å². The fourth-order valence-electron chi connectivity index (χ4n) is 2.03. The summed E-state index contributed by atoms with van der Waals surface area (Å²) in [6.07, 6.45) is -1.65. The molecule has 0 saturated heterocycles. The highest BCUT2D eigenvalue weighted by molar-refractivity contribution is 5.59. The molecule has 0 aromatic heterocycles. The highest BCUT2D eigenvalue weighted by Gasteiger charge is 2.33. The Hall–Kier alpha value is -1.16. The van der Waals surface area contributed by atoms with Gasteiger partial charge >= 0.3 is 0 Å². The number of rotatable bonds is 2. The van der Waals surface area contributed by atoms with Gasteiger partial charge in [0.05, 0.1) is 5.54 Å². The Morgan fingerprint density at radius 3 is 2.75 bits per heavy atom. The number of nitrogens with zero attached hydrogens (tertiary/aromatic N) is 1. The molecule has 0 saturated carbocycles. The number of alkyl halides is 2. The monoisotopic (exact) mass is 226 g/mol. The molecule has 0 aliphatic carbocycles. The minimum atomic E-state index is -2.55. The lowest BCUT2D eigenvalue weighted by Crippen LogP contribution is -2.40. The second-order valence-electron chi connectivity index (χ2n) is 4.60. The zero-order valence-corrected chi connectivity index (χ0v) is 9.50. The quantitative estimate of drug-likeness (QED) is 0.837. The fraction of sp³-hybridized carbons (Fsp3) is 0.500. The molecule has 0 fully saturated rings. The van der Waals surface area contributed by atoms with Gasteiger partial charge in [0.2, 0.25) is 0 Å². The van der Waals surface area contributed by atoms with Crippen LogP contribution in [0.4, 0.5) is 14.5 Å². The van der Waals surface area contributed by atoms with Gasteiger partial charge in [-0.25, -0.2) is 8.78 Å². The first-order valence-electron chi connectivity index (χ1n) is 5.34. The van der Waals surface area contributed by atoms with Crippen molar-refractivity contribution in [2.45, 2.75) is 25.3 Å². The van der Waals surface area contributed by atoms with E-state index in [9.17, 15) is 8.78 Å². The van der Waals surface area contributed by atoms with Crippen LogP contribution in [-0.2, 0) is 12.0 Å². The third-order valence-corrected chi connectivity index (χ3v) is 3.28. The summed E-state index contributed by atoms with van der Waals surface area (Å²) in [5, 5.41) is 0. The van der Waals surface area contributed by atoms with Crippen LogP contribution in [0.25, 0.3) is 0 Å².